The summed E-state index contributed by atoms with van der Waals surface area (Å²) in [6, 6.07) is 5.08. The van der Waals surface area contributed by atoms with E-state index in [0.29, 0.717) is 25.5 Å². The average molecular weight is 264 g/mol. The molecule has 8 heteroatoms. The number of hydrogen-bond acceptors (Lipinski definition) is 7. The third-order valence-corrected chi connectivity index (χ3v) is 2.38. The molecule has 0 radical (unpaired) electrons. The van der Waals surface area contributed by atoms with Crippen LogP contribution in [0, 0.1) is 11.3 Å². The van der Waals surface area contributed by atoms with Crippen molar-refractivity contribution in [2.75, 3.05) is 32.2 Å². The number of nitrogens with one attached hydrogen (secondary N) is 1. The summed E-state index contributed by atoms with van der Waals surface area (Å²) >= 11 is 0. The van der Waals surface area contributed by atoms with Crippen molar-refractivity contribution in [1.82, 2.24) is 15.1 Å². The van der Waals surface area contributed by atoms with Crippen LogP contribution in [0.5, 0.6) is 0 Å². The van der Waals surface area contributed by atoms with E-state index in [2.05, 4.69) is 15.6 Å². The molecule has 0 atom stereocenters. The van der Waals surface area contributed by atoms with Gasteiger partial charge in [0.25, 0.3) is 5.91 Å². The zero-order valence-corrected chi connectivity index (χ0v) is 10.7. The first-order chi connectivity index (χ1) is 9.22. The number of aromatic nitrogens is 2. The van der Waals surface area contributed by atoms with E-state index in [0.717, 1.165) is 0 Å². The molecule has 0 unspecified atom stereocenters. The fraction of sp³-hybridized carbons (Fsp3) is 0.455. The van der Waals surface area contributed by atoms with E-state index in [1.54, 1.807) is 13.2 Å². The second kappa shape index (κ2) is 7.97. The van der Waals surface area contributed by atoms with Gasteiger partial charge in [-0.2, -0.15) is 5.26 Å². The molecule has 1 amide bonds. The predicted octanol–water partition coefficient (Wildman–Crippen LogP) is -0.236. The summed E-state index contributed by atoms with van der Waals surface area (Å²) in [6.45, 7) is 1.12. The molecule has 0 spiro atoms. The molecule has 0 saturated heterocycles. The molecule has 102 valence electrons. The number of nitrogen functional groups attached to an aromatic ring is 1. The monoisotopic (exact) mass is 264 g/mol. The maximum absolute atomic E-state index is 12.2. The molecule has 0 bridgehead atoms. The number of hydrogen-bond donors (Lipinski definition) is 2. The maximum Gasteiger partial charge on any atom is 0.274 e. The van der Waals surface area contributed by atoms with Crippen LogP contribution in [0.2, 0.25) is 0 Å². The van der Waals surface area contributed by atoms with Gasteiger partial charge < -0.3 is 15.1 Å². The van der Waals surface area contributed by atoms with Gasteiger partial charge in [0.05, 0.1) is 19.1 Å². The number of nitriles is 1. The Balaban J connectivity index is 2.75. The predicted molar refractivity (Wildman–Crippen MR) is 67.9 cm³/mol. The molecule has 0 fully saturated rings. The summed E-state index contributed by atoms with van der Waals surface area (Å²) in [7, 11) is 1.55. The highest BCUT2D eigenvalue weighted by Crippen LogP contribution is 2.05. The van der Waals surface area contributed by atoms with Crippen LogP contribution in [0.1, 0.15) is 16.9 Å². The highest BCUT2D eigenvalue weighted by molar-refractivity contribution is 5.92. The van der Waals surface area contributed by atoms with Gasteiger partial charge in [-0.1, -0.05) is 0 Å². The van der Waals surface area contributed by atoms with E-state index >= 15 is 0 Å². The maximum atomic E-state index is 12.2. The Morgan fingerprint density at radius 2 is 2.32 bits per heavy atom. The minimum Gasteiger partial charge on any atom is -0.383 e. The lowest BCUT2D eigenvalue weighted by atomic mass is 10.3. The van der Waals surface area contributed by atoms with Crippen molar-refractivity contribution in [1.29, 1.82) is 5.26 Å². The zero-order valence-electron chi connectivity index (χ0n) is 10.7. The first-order valence-corrected chi connectivity index (χ1v) is 5.68. The molecule has 1 heterocycles. The lowest BCUT2D eigenvalue weighted by molar-refractivity contribution is 0.0693. The molecule has 0 aliphatic heterocycles. The fourth-order valence-corrected chi connectivity index (χ4v) is 1.39. The van der Waals surface area contributed by atoms with Crippen LogP contribution in [-0.2, 0) is 4.74 Å². The molecule has 0 aromatic carbocycles. The number of carbonyl (C=O) groups excluding carboxylic acids is 1. The van der Waals surface area contributed by atoms with E-state index in [4.69, 9.17) is 15.8 Å². The van der Waals surface area contributed by atoms with E-state index < -0.39 is 0 Å². The van der Waals surface area contributed by atoms with Crippen molar-refractivity contribution in [2.24, 2.45) is 5.84 Å². The van der Waals surface area contributed by atoms with Crippen molar-refractivity contribution in [2.45, 2.75) is 6.42 Å². The van der Waals surface area contributed by atoms with Crippen molar-refractivity contribution < 1.29 is 9.53 Å². The average Bonchev–Trinajstić information content (AvgIpc) is 2.47. The number of amides is 1. The van der Waals surface area contributed by atoms with Gasteiger partial charge in [0.2, 0.25) is 0 Å². The van der Waals surface area contributed by atoms with E-state index in [1.165, 1.54) is 11.0 Å². The van der Waals surface area contributed by atoms with Crippen molar-refractivity contribution in [3.05, 3.63) is 17.8 Å². The number of methoxy groups -OCH3 is 1. The van der Waals surface area contributed by atoms with Crippen LogP contribution in [0.15, 0.2) is 12.1 Å². The number of nitrogens with zero attached hydrogens (tertiary/aromatic N) is 4. The molecular formula is C11H16N6O2. The molecule has 3 N–H and O–H groups in total. The Morgan fingerprint density at radius 1 is 1.53 bits per heavy atom. The summed E-state index contributed by atoms with van der Waals surface area (Å²) in [5.41, 5.74) is 2.53. The molecule has 19 heavy (non-hydrogen) atoms. The van der Waals surface area contributed by atoms with Gasteiger partial charge in [-0.15, -0.1) is 10.2 Å². The Morgan fingerprint density at radius 3 is 2.84 bits per heavy atom. The van der Waals surface area contributed by atoms with Gasteiger partial charge in [0, 0.05) is 20.2 Å². The van der Waals surface area contributed by atoms with Gasteiger partial charge in [-0.05, 0) is 12.1 Å². The molecule has 1 rings (SSSR count). The third-order valence-electron chi connectivity index (χ3n) is 2.38. The molecule has 0 aliphatic rings. The molecule has 1 aromatic heterocycles. The van der Waals surface area contributed by atoms with Crippen LogP contribution >= 0.6 is 0 Å². The molecule has 0 saturated carbocycles. The van der Waals surface area contributed by atoms with Crippen LogP contribution in [0.3, 0.4) is 0 Å². The minimum absolute atomic E-state index is 0.202. The highest BCUT2D eigenvalue weighted by Gasteiger charge is 2.17. The molecule has 8 nitrogen and oxygen atoms in total. The van der Waals surface area contributed by atoms with Crippen molar-refractivity contribution in [3.8, 4) is 6.07 Å². The van der Waals surface area contributed by atoms with E-state index in [-0.39, 0.29) is 18.0 Å². The number of carbonyl (C=O) groups is 1. The number of nitrogens with two attached hydrogens (primary N) is 1. The van der Waals surface area contributed by atoms with Crippen molar-refractivity contribution >= 4 is 11.7 Å². The molecule has 1 aromatic rings. The summed E-state index contributed by atoms with van der Waals surface area (Å²) in [5, 5.41) is 16.1. The van der Waals surface area contributed by atoms with Crippen molar-refractivity contribution in [3.63, 3.8) is 0 Å². The number of rotatable bonds is 7. The first kappa shape index (κ1) is 14.8. The second-order valence-electron chi connectivity index (χ2n) is 3.64. The Labute approximate surface area is 111 Å². The lowest BCUT2D eigenvalue weighted by Gasteiger charge is -2.20. The molecular weight excluding hydrogens is 248 g/mol. The van der Waals surface area contributed by atoms with E-state index in [1.807, 2.05) is 6.07 Å². The van der Waals surface area contributed by atoms with Crippen LogP contribution < -0.4 is 11.3 Å². The standard InChI is InChI=1S/C11H16N6O2/c1-19-8-7-17(6-2-5-12)11(18)9-3-4-10(14-13)16-15-9/h3-4H,2,6-8,13H2,1H3,(H,14,16). The normalized spacial score (nSPS) is 9.74. The number of hydrazine groups is 1. The largest absolute Gasteiger partial charge is 0.383 e. The number of anilines is 1. The SMILES string of the molecule is COCCN(CCC#N)C(=O)c1ccc(NN)nn1. The highest BCUT2D eigenvalue weighted by atomic mass is 16.5. The summed E-state index contributed by atoms with van der Waals surface area (Å²) < 4.78 is 4.94. The summed E-state index contributed by atoms with van der Waals surface area (Å²) in [5.74, 6) is 5.25. The van der Waals surface area contributed by atoms with Crippen LogP contribution in [-0.4, -0.2) is 47.8 Å². The van der Waals surface area contributed by atoms with Crippen LogP contribution in [0.25, 0.3) is 0 Å². The first-order valence-electron chi connectivity index (χ1n) is 5.68. The Bertz CT molecular complexity index is 441. The summed E-state index contributed by atoms with van der Waals surface area (Å²) in [4.78, 5) is 13.7. The molecule has 0 aliphatic carbocycles. The van der Waals surface area contributed by atoms with Crippen LogP contribution in [0.4, 0.5) is 5.82 Å². The fourth-order valence-electron chi connectivity index (χ4n) is 1.39. The van der Waals surface area contributed by atoms with Gasteiger partial charge in [-0.25, -0.2) is 5.84 Å². The smallest absolute Gasteiger partial charge is 0.274 e. The zero-order chi connectivity index (χ0) is 14.1. The second-order valence-corrected chi connectivity index (χ2v) is 3.64. The van der Waals surface area contributed by atoms with Gasteiger partial charge in [-0.3, -0.25) is 4.79 Å². The van der Waals surface area contributed by atoms with Gasteiger partial charge in [0.1, 0.15) is 0 Å². The quantitative estimate of drug-likeness (QED) is 0.515. The number of ether oxygens (including phenoxy) is 1. The Hall–Kier alpha value is -2.24. The summed E-state index contributed by atoms with van der Waals surface area (Å²) in [6.07, 6.45) is 0.255. The lowest BCUT2D eigenvalue weighted by Crippen LogP contribution is -2.35. The topological polar surface area (TPSA) is 117 Å². The minimum atomic E-state index is -0.289. The Kier molecular flexibility index (Phi) is 6.21. The third kappa shape index (κ3) is 4.50. The van der Waals surface area contributed by atoms with Gasteiger partial charge in [0.15, 0.2) is 11.5 Å². The van der Waals surface area contributed by atoms with Gasteiger partial charge >= 0.3 is 0 Å². The van der Waals surface area contributed by atoms with E-state index in [9.17, 15) is 4.79 Å².